The number of hydrogen-bond donors (Lipinski definition) is 0. The van der Waals surface area contributed by atoms with E-state index in [1.54, 1.807) is 18.4 Å². The van der Waals surface area contributed by atoms with Crippen LogP contribution in [0, 0.1) is 5.92 Å². The maximum atomic E-state index is 12.7. The molecule has 22 heavy (non-hydrogen) atoms. The molecular weight excluding hydrogens is 296 g/mol. The molecule has 0 spiro atoms. The van der Waals surface area contributed by atoms with Crippen molar-refractivity contribution in [1.29, 1.82) is 0 Å². The van der Waals surface area contributed by atoms with Crippen LogP contribution in [0.25, 0.3) is 10.1 Å². The van der Waals surface area contributed by atoms with Crippen molar-refractivity contribution < 1.29 is 9.53 Å². The number of carbonyl (C=O) groups is 1. The van der Waals surface area contributed by atoms with Gasteiger partial charge < -0.3 is 14.5 Å². The van der Waals surface area contributed by atoms with Crippen LogP contribution in [0.5, 0.6) is 5.75 Å². The maximum absolute atomic E-state index is 12.7. The van der Waals surface area contributed by atoms with Gasteiger partial charge in [0.2, 0.25) is 0 Å². The molecule has 5 heteroatoms. The number of rotatable bonds is 3. The molecule has 1 aromatic heterocycles. The van der Waals surface area contributed by atoms with E-state index < -0.39 is 0 Å². The third kappa shape index (κ3) is 2.54. The zero-order valence-electron chi connectivity index (χ0n) is 13.5. The molecule has 2 aromatic rings. The summed E-state index contributed by atoms with van der Waals surface area (Å²) in [5, 5.41) is 1.13. The lowest BCUT2D eigenvalue weighted by Crippen LogP contribution is -2.33. The molecule has 0 saturated carbocycles. The number of amides is 1. The number of anilines is 1. The number of fused-ring (bicyclic) bond motifs is 3. The first-order chi connectivity index (χ1) is 10.5. The smallest absolute Gasteiger partial charge is 0.265 e. The molecule has 1 aromatic carbocycles. The van der Waals surface area contributed by atoms with E-state index in [0.717, 1.165) is 46.0 Å². The molecule has 3 rings (SSSR count). The van der Waals surface area contributed by atoms with Gasteiger partial charge in [-0.05, 0) is 24.1 Å². The SMILES string of the molecule is COc1ccc2sc3c(c2c1)N(CC(C)C)CCN(C)C3=O. The molecule has 0 bridgehead atoms. The fourth-order valence-corrected chi connectivity index (χ4v) is 4.13. The Morgan fingerprint density at radius 1 is 1.32 bits per heavy atom. The average Bonchev–Trinajstić information content (AvgIpc) is 2.83. The molecule has 2 heterocycles. The highest BCUT2D eigenvalue weighted by Crippen LogP contribution is 2.41. The Balaban J connectivity index is 2.21. The molecule has 118 valence electrons. The molecule has 0 unspecified atom stereocenters. The Morgan fingerprint density at radius 2 is 2.09 bits per heavy atom. The zero-order valence-corrected chi connectivity index (χ0v) is 14.4. The largest absolute Gasteiger partial charge is 0.497 e. The van der Waals surface area contributed by atoms with Crippen molar-refractivity contribution in [3.63, 3.8) is 0 Å². The van der Waals surface area contributed by atoms with Crippen LogP contribution in [0.4, 0.5) is 5.69 Å². The Morgan fingerprint density at radius 3 is 2.77 bits per heavy atom. The molecule has 1 aliphatic heterocycles. The van der Waals surface area contributed by atoms with Crippen molar-refractivity contribution in [2.75, 3.05) is 38.7 Å². The molecular formula is C17H22N2O2S. The van der Waals surface area contributed by atoms with Crippen LogP contribution in [0.15, 0.2) is 18.2 Å². The summed E-state index contributed by atoms with van der Waals surface area (Å²) in [4.78, 5) is 17.7. The van der Waals surface area contributed by atoms with Crippen LogP contribution in [0.2, 0.25) is 0 Å². The Hall–Kier alpha value is -1.75. The van der Waals surface area contributed by atoms with Crippen LogP contribution in [0.1, 0.15) is 23.5 Å². The van der Waals surface area contributed by atoms with Crippen molar-refractivity contribution in [2.24, 2.45) is 5.92 Å². The van der Waals surface area contributed by atoms with E-state index in [1.807, 2.05) is 24.1 Å². The number of hydrogen-bond acceptors (Lipinski definition) is 4. The monoisotopic (exact) mass is 318 g/mol. The van der Waals surface area contributed by atoms with Crippen LogP contribution < -0.4 is 9.64 Å². The topological polar surface area (TPSA) is 32.8 Å². The number of likely N-dealkylation sites (N-methyl/N-ethyl adjacent to an activating group) is 1. The molecule has 1 aliphatic rings. The number of methoxy groups -OCH3 is 1. The molecule has 0 saturated heterocycles. The van der Waals surface area contributed by atoms with Crippen molar-refractivity contribution in [1.82, 2.24) is 4.90 Å². The van der Waals surface area contributed by atoms with Gasteiger partial charge in [-0.3, -0.25) is 4.79 Å². The van der Waals surface area contributed by atoms with E-state index in [2.05, 4.69) is 24.8 Å². The lowest BCUT2D eigenvalue weighted by atomic mass is 10.1. The highest BCUT2D eigenvalue weighted by atomic mass is 32.1. The standard InChI is InChI=1S/C17H22N2O2S/c1-11(2)10-19-8-7-18(3)17(20)16-15(19)13-9-12(21-4)5-6-14(13)22-16/h5-6,9,11H,7-8,10H2,1-4H3. The van der Waals surface area contributed by atoms with E-state index >= 15 is 0 Å². The first-order valence-electron chi connectivity index (χ1n) is 7.62. The molecule has 0 aliphatic carbocycles. The molecule has 4 nitrogen and oxygen atoms in total. The predicted molar refractivity (Wildman–Crippen MR) is 92.4 cm³/mol. The van der Waals surface area contributed by atoms with Crippen molar-refractivity contribution in [3.05, 3.63) is 23.1 Å². The van der Waals surface area contributed by atoms with Gasteiger partial charge in [0, 0.05) is 36.8 Å². The summed E-state index contributed by atoms with van der Waals surface area (Å²) in [6, 6.07) is 6.06. The van der Waals surface area contributed by atoms with Crippen LogP contribution in [-0.2, 0) is 0 Å². The number of thiophene rings is 1. The van der Waals surface area contributed by atoms with E-state index in [1.165, 1.54) is 0 Å². The molecule has 0 fully saturated rings. The molecule has 0 N–H and O–H groups in total. The van der Waals surface area contributed by atoms with Gasteiger partial charge in [-0.15, -0.1) is 11.3 Å². The number of benzene rings is 1. The van der Waals surface area contributed by atoms with E-state index in [-0.39, 0.29) is 5.91 Å². The second kappa shape index (κ2) is 5.80. The van der Waals surface area contributed by atoms with Crippen LogP contribution in [0.3, 0.4) is 0 Å². The molecule has 1 amide bonds. The quantitative estimate of drug-likeness (QED) is 0.869. The molecule has 0 atom stereocenters. The summed E-state index contributed by atoms with van der Waals surface area (Å²) < 4.78 is 6.51. The minimum absolute atomic E-state index is 0.126. The first-order valence-corrected chi connectivity index (χ1v) is 8.44. The Labute approximate surface area is 135 Å². The number of carbonyl (C=O) groups excluding carboxylic acids is 1. The van der Waals surface area contributed by atoms with E-state index in [4.69, 9.17) is 4.74 Å². The predicted octanol–water partition coefficient (Wildman–Crippen LogP) is 3.46. The van der Waals surface area contributed by atoms with Crippen molar-refractivity contribution in [3.8, 4) is 5.75 Å². The second-order valence-corrected chi connectivity index (χ2v) is 7.26. The second-order valence-electron chi connectivity index (χ2n) is 6.21. The lowest BCUT2D eigenvalue weighted by Gasteiger charge is -2.25. The van der Waals surface area contributed by atoms with Gasteiger partial charge in [-0.2, -0.15) is 0 Å². The van der Waals surface area contributed by atoms with Crippen LogP contribution >= 0.6 is 11.3 Å². The first kappa shape index (κ1) is 15.2. The lowest BCUT2D eigenvalue weighted by molar-refractivity contribution is 0.0809. The normalized spacial score (nSPS) is 15.4. The fraction of sp³-hybridized carbons (Fsp3) is 0.471. The minimum atomic E-state index is 0.126. The summed E-state index contributed by atoms with van der Waals surface area (Å²) in [7, 11) is 3.56. The number of nitrogens with zero attached hydrogens (tertiary/aromatic N) is 2. The van der Waals surface area contributed by atoms with Gasteiger partial charge in [-0.1, -0.05) is 13.8 Å². The third-order valence-corrected chi connectivity index (χ3v) is 5.16. The average molecular weight is 318 g/mol. The summed E-state index contributed by atoms with van der Waals surface area (Å²) in [5.74, 6) is 1.51. The van der Waals surface area contributed by atoms with Gasteiger partial charge in [0.25, 0.3) is 5.91 Å². The summed E-state index contributed by atoms with van der Waals surface area (Å²) in [6.45, 7) is 7.02. The van der Waals surface area contributed by atoms with Crippen molar-refractivity contribution in [2.45, 2.75) is 13.8 Å². The highest BCUT2D eigenvalue weighted by molar-refractivity contribution is 7.21. The van der Waals surface area contributed by atoms with Crippen LogP contribution in [-0.4, -0.2) is 44.6 Å². The van der Waals surface area contributed by atoms with Gasteiger partial charge in [0.15, 0.2) is 0 Å². The Bertz CT molecular complexity index is 708. The van der Waals surface area contributed by atoms with Crippen molar-refractivity contribution >= 4 is 33.0 Å². The zero-order chi connectivity index (χ0) is 15.9. The Kier molecular flexibility index (Phi) is 4.00. The summed E-state index contributed by atoms with van der Waals surface area (Å²) >= 11 is 1.59. The summed E-state index contributed by atoms with van der Waals surface area (Å²) in [6.07, 6.45) is 0. The van der Waals surface area contributed by atoms with Gasteiger partial charge in [0.05, 0.1) is 12.8 Å². The third-order valence-electron chi connectivity index (χ3n) is 4.02. The molecule has 0 radical (unpaired) electrons. The fourth-order valence-electron chi connectivity index (χ4n) is 2.93. The number of ether oxygens (including phenoxy) is 1. The van der Waals surface area contributed by atoms with Gasteiger partial charge in [-0.25, -0.2) is 0 Å². The van der Waals surface area contributed by atoms with Gasteiger partial charge in [0.1, 0.15) is 10.6 Å². The van der Waals surface area contributed by atoms with Gasteiger partial charge >= 0.3 is 0 Å². The summed E-state index contributed by atoms with van der Waals surface area (Å²) in [5.41, 5.74) is 1.09. The van der Waals surface area contributed by atoms with E-state index in [0.29, 0.717) is 5.92 Å². The minimum Gasteiger partial charge on any atom is -0.497 e. The maximum Gasteiger partial charge on any atom is 0.265 e. The van der Waals surface area contributed by atoms with E-state index in [9.17, 15) is 4.79 Å². The highest BCUT2D eigenvalue weighted by Gasteiger charge is 2.29.